The van der Waals surface area contributed by atoms with Gasteiger partial charge in [-0.15, -0.1) is 0 Å². The molecular weight excluding hydrogens is 531 g/mol. The van der Waals surface area contributed by atoms with E-state index >= 15 is 0 Å². The van der Waals surface area contributed by atoms with Crippen LogP contribution in [0, 0.1) is 5.92 Å². The van der Waals surface area contributed by atoms with Gasteiger partial charge in [0, 0.05) is 30.3 Å². The van der Waals surface area contributed by atoms with E-state index in [1.54, 1.807) is 10.8 Å². The Hall–Kier alpha value is -3.18. The van der Waals surface area contributed by atoms with Gasteiger partial charge in [0.25, 0.3) is 0 Å². The van der Waals surface area contributed by atoms with Crippen LogP contribution in [0.15, 0.2) is 85.1 Å². The Labute approximate surface area is 255 Å². The lowest BCUT2D eigenvalue weighted by atomic mass is 9.79. The van der Waals surface area contributed by atoms with Crippen molar-refractivity contribution >= 4 is 19.0 Å². The van der Waals surface area contributed by atoms with E-state index in [2.05, 4.69) is 117 Å². The molecule has 3 heterocycles. The molecule has 1 aromatic carbocycles. The SMILES string of the molecule is C=CC1C(CCC2=C(C(C)=[N+](C)C)C(=C)OC(=C)NC2)c2ccccc2-c2cc(CC3CCCC3)c([Si](C)(C)C)c[n+]21. The van der Waals surface area contributed by atoms with E-state index in [0.717, 1.165) is 30.0 Å². The number of nitrogens with one attached hydrogen (secondary N) is 1. The third kappa shape index (κ3) is 5.99. The third-order valence-electron chi connectivity index (χ3n) is 9.77. The van der Waals surface area contributed by atoms with Gasteiger partial charge in [-0.1, -0.05) is 76.7 Å². The number of hydrogen-bond acceptors (Lipinski definition) is 2. The van der Waals surface area contributed by atoms with Gasteiger partial charge in [0.05, 0.1) is 19.6 Å². The van der Waals surface area contributed by atoms with Crippen molar-refractivity contribution in [1.82, 2.24) is 5.32 Å². The van der Waals surface area contributed by atoms with Crippen molar-refractivity contribution in [2.24, 2.45) is 5.92 Å². The highest BCUT2D eigenvalue weighted by Gasteiger charge is 2.40. The molecule has 2 aromatic rings. The van der Waals surface area contributed by atoms with Gasteiger partial charge in [0.1, 0.15) is 19.9 Å². The molecule has 1 aromatic heterocycles. The Morgan fingerprint density at radius 2 is 1.86 bits per heavy atom. The molecule has 5 heteroatoms. The van der Waals surface area contributed by atoms with Crippen LogP contribution in [0.1, 0.15) is 68.5 Å². The molecule has 3 aliphatic rings. The van der Waals surface area contributed by atoms with Gasteiger partial charge >= 0.3 is 0 Å². The maximum Gasteiger partial charge on any atom is 0.213 e. The predicted molar refractivity (Wildman–Crippen MR) is 179 cm³/mol. The average Bonchev–Trinajstić information content (AvgIpc) is 3.41. The zero-order valence-corrected chi connectivity index (χ0v) is 27.9. The molecule has 2 unspecified atom stereocenters. The van der Waals surface area contributed by atoms with Crippen molar-refractivity contribution < 1.29 is 13.9 Å². The maximum atomic E-state index is 5.94. The summed E-state index contributed by atoms with van der Waals surface area (Å²) in [4.78, 5) is 0. The predicted octanol–water partition coefficient (Wildman–Crippen LogP) is 7.16. The Morgan fingerprint density at radius 3 is 2.52 bits per heavy atom. The number of pyridine rings is 1. The number of benzene rings is 1. The van der Waals surface area contributed by atoms with E-state index in [-0.39, 0.29) is 6.04 Å². The van der Waals surface area contributed by atoms with Crippen LogP contribution >= 0.6 is 0 Å². The second-order valence-electron chi connectivity index (χ2n) is 13.8. The maximum absolute atomic E-state index is 5.94. The van der Waals surface area contributed by atoms with E-state index in [9.17, 15) is 0 Å². The zero-order valence-electron chi connectivity index (χ0n) is 26.9. The molecular formula is C37H51N3OSi+2. The summed E-state index contributed by atoms with van der Waals surface area (Å²) in [5.74, 6) is 2.38. The van der Waals surface area contributed by atoms with Crippen molar-refractivity contribution in [1.29, 1.82) is 0 Å². The molecule has 222 valence electrons. The highest BCUT2D eigenvalue weighted by atomic mass is 28.3. The minimum Gasteiger partial charge on any atom is -0.442 e. The lowest BCUT2D eigenvalue weighted by Crippen LogP contribution is -2.53. The molecule has 42 heavy (non-hydrogen) atoms. The van der Waals surface area contributed by atoms with Crippen LogP contribution in [0.5, 0.6) is 0 Å². The Kier molecular flexibility index (Phi) is 8.80. The van der Waals surface area contributed by atoms with Gasteiger partial charge in [-0.3, -0.25) is 0 Å². The Balaban J connectivity index is 1.58. The van der Waals surface area contributed by atoms with Gasteiger partial charge in [0.15, 0.2) is 23.8 Å². The Bertz CT molecular complexity index is 1460. The molecule has 0 saturated heterocycles. The quantitative estimate of drug-likeness (QED) is 0.155. The number of ether oxygens (including phenoxy) is 1. The largest absolute Gasteiger partial charge is 0.442 e. The summed E-state index contributed by atoms with van der Waals surface area (Å²) >= 11 is 0. The van der Waals surface area contributed by atoms with Crippen LogP contribution in [0.4, 0.5) is 0 Å². The second-order valence-corrected chi connectivity index (χ2v) is 18.9. The molecule has 4 nitrogen and oxygen atoms in total. The van der Waals surface area contributed by atoms with E-state index in [0.29, 0.717) is 24.1 Å². The fourth-order valence-corrected chi connectivity index (χ4v) is 9.09. The summed E-state index contributed by atoms with van der Waals surface area (Å²) < 4.78 is 10.7. The number of fused-ring (bicyclic) bond motifs is 3. The summed E-state index contributed by atoms with van der Waals surface area (Å²) in [6, 6.07) is 11.9. The van der Waals surface area contributed by atoms with Gasteiger partial charge < -0.3 is 10.1 Å². The van der Waals surface area contributed by atoms with Crippen LogP contribution in [0.3, 0.4) is 0 Å². The van der Waals surface area contributed by atoms with Gasteiger partial charge in [-0.25, -0.2) is 4.58 Å². The molecule has 0 radical (unpaired) electrons. The van der Waals surface area contributed by atoms with Crippen LogP contribution in [0.25, 0.3) is 11.3 Å². The third-order valence-corrected chi connectivity index (χ3v) is 11.8. The molecule has 2 atom stereocenters. The number of aromatic nitrogens is 1. The monoisotopic (exact) mass is 581 g/mol. The van der Waals surface area contributed by atoms with Crippen molar-refractivity contribution in [3.63, 3.8) is 0 Å². The van der Waals surface area contributed by atoms with Crippen molar-refractivity contribution in [3.05, 3.63) is 96.3 Å². The number of allylic oxidation sites excluding steroid dienone is 2. The minimum atomic E-state index is -1.57. The summed E-state index contributed by atoms with van der Waals surface area (Å²) in [7, 11) is 2.59. The molecule has 1 N–H and O–H groups in total. The van der Waals surface area contributed by atoms with Gasteiger partial charge in [-0.2, -0.15) is 4.57 Å². The molecule has 1 saturated carbocycles. The van der Waals surface area contributed by atoms with E-state index in [1.165, 1.54) is 54.5 Å². The molecule has 2 aliphatic heterocycles. The lowest BCUT2D eigenvalue weighted by molar-refractivity contribution is -0.706. The average molecular weight is 582 g/mol. The van der Waals surface area contributed by atoms with Crippen LogP contribution < -0.4 is 15.1 Å². The summed E-state index contributed by atoms with van der Waals surface area (Å²) in [6.45, 7) is 23.1. The Morgan fingerprint density at radius 1 is 1.14 bits per heavy atom. The lowest BCUT2D eigenvalue weighted by Gasteiger charge is -2.31. The van der Waals surface area contributed by atoms with Crippen molar-refractivity contribution in [2.75, 3.05) is 20.6 Å². The molecule has 5 rings (SSSR count). The van der Waals surface area contributed by atoms with Gasteiger partial charge in [0.2, 0.25) is 5.69 Å². The highest BCUT2D eigenvalue weighted by molar-refractivity contribution is 6.89. The minimum absolute atomic E-state index is 0.196. The van der Waals surface area contributed by atoms with E-state index < -0.39 is 8.07 Å². The molecule has 1 aliphatic carbocycles. The first-order valence-corrected chi connectivity index (χ1v) is 19.3. The van der Waals surface area contributed by atoms with Crippen molar-refractivity contribution in [2.45, 2.75) is 83.5 Å². The van der Waals surface area contributed by atoms with E-state index in [1.807, 2.05) is 0 Å². The molecule has 1 fully saturated rings. The first kappa shape index (κ1) is 30.3. The summed E-state index contributed by atoms with van der Waals surface area (Å²) in [5, 5.41) is 4.98. The van der Waals surface area contributed by atoms with Crippen LogP contribution in [0.2, 0.25) is 19.6 Å². The van der Waals surface area contributed by atoms with Gasteiger partial charge in [-0.05, 0) is 60.6 Å². The van der Waals surface area contributed by atoms with Crippen LogP contribution in [-0.2, 0) is 11.2 Å². The molecule has 0 amide bonds. The smallest absolute Gasteiger partial charge is 0.213 e. The number of rotatable bonds is 8. The second kappa shape index (κ2) is 12.2. The van der Waals surface area contributed by atoms with E-state index in [4.69, 9.17) is 4.74 Å². The fraction of sp³-hybridized carbons (Fsp3) is 0.459. The van der Waals surface area contributed by atoms with Crippen LogP contribution in [-0.4, -0.2) is 39.0 Å². The highest BCUT2D eigenvalue weighted by Crippen LogP contribution is 2.42. The summed E-state index contributed by atoms with van der Waals surface area (Å²) in [5.41, 5.74) is 9.34. The number of nitrogens with zero attached hydrogens (tertiary/aromatic N) is 2. The standard InChI is InChI=1S/C37H51N3OSi/c1-10-34-33(20-19-29-23-38-27(4)41-26(3)37(29)25(2)39(5)6)31-17-13-14-18-32(31)35-22-30(21-28-15-11-12-16-28)36(24-40(34)35)42(7,8)9/h10,13-14,17-18,22,24,28,33-34,38H,1,3-4,11-12,15-16,19-21,23H2,2,5-9H3/q+2. The fourth-order valence-electron chi connectivity index (χ4n) is 7.43. The topological polar surface area (TPSA) is 28.1 Å². The molecule has 0 spiro atoms. The van der Waals surface area contributed by atoms with Crippen molar-refractivity contribution in [3.8, 4) is 11.3 Å². The normalized spacial score (nSPS) is 20.8. The molecule has 0 bridgehead atoms. The number of hydrogen-bond donors (Lipinski definition) is 1. The zero-order chi connectivity index (χ0) is 30.2. The first-order chi connectivity index (χ1) is 20.0. The first-order valence-electron chi connectivity index (χ1n) is 15.8. The summed E-state index contributed by atoms with van der Waals surface area (Å²) in [6.07, 6.45) is 13.4.